The maximum absolute atomic E-state index is 12.4. The monoisotopic (exact) mass is 440 g/mol. The van der Waals surface area contributed by atoms with E-state index in [0.717, 1.165) is 27.9 Å². The lowest BCUT2D eigenvalue weighted by Crippen LogP contribution is -2.32. The molecule has 0 spiro atoms. The molecular formula is C26H36N2O4. The van der Waals surface area contributed by atoms with Crippen LogP contribution in [-0.2, 0) is 22.5 Å². The van der Waals surface area contributed by atoms with Gasteiger partial charge < -0.3 is 14.8 Å². The van der Waals surface area contributed by atoms with E-state index in [1.54, 1.807) is 0 Å². The van der Waals surface area contributed by atoms with Crippen LogP contribution in [0.3, 0.4) is 0 Å². The number of hydrogen-bond acceptors (Lipinski definition) is 5. The van der Waals surface area contributed by atoms with Gasteiger partial charge in [-0.1, -0.05) is 50.6 Å². The van der Waals surface area contributed by atoms with Gasteiger partial charge in [0.25, 0.3) is 0 Å². The number of rotatable bonds is 5. The van der Waals surface area contributed by atoms with Gasteiger partial charge in [0.2, 0.25) is 0 Å². The van der Waals surface area contributed by atoms with Crippen molar-refractivity contribution in [2.75, 3.05) is 0 Å². The Morgan fingerprint density at radius 2 is 1.59 bits per heavy atom. The number of ether oxygens (including phenoxy) is 2. The molecule has 0 aliphatic heterocycles. The van der Waals surface area contributed by atoms with E-state index in [1.807, 2.05) is 58.9 Å². The number of aromatic nitrogens is 1. The predicted molar refractivity (Wildman–Crippen MR) is 127 cm³/mol. The topological polar surface area (TPSA) is 77.5 Å². The van der Waals surface area contributed by atoms with Gasteiger partial charge in [0.15, 0.2) is 5.75 Å². The Balaban J connectivity index is 2.69. The molecule has 6 heteroatoms. The van der Waals surface area contributed by atoms with Gasteiger partial charge in [0.1, 0.15) is 5.60 Å². The number of nitrogens with zero attached hydrogens (tertiary/aromatic N) is 1. The number of amides is 1. The standard InChI is InChI=1S/C26H36N2O4/c1-16-10-12-19(13-11-16)22-20(15-27-24(30)32-26(7,8)9)21(14-25(4,5)6)28-17(2)23(22)31-18(3)29/h10-13H,14-15H2,1-9H3,(H,27,30). The molecule has 0 saturated carbocycles. The lowest BCUT2D eigenvalue weighted by molar-refractivity contribution is -0.131. The van der Waals surface area contributed by atoms with E-state index < -0.39 is 17.7 Å². The first-order chi connectivity index (χ1) is 14.7. The number of esters is 1. The highest BCUT2D eigenvalue weighted by molar-refractivity contribution is 5.81. The summed E-state index contributed by atoms with van der Waals surface area (Å²) in [6.45, 7) is 17.3. The van der Waals surface area contributed by atoms with Gasteiger partial charge in [0, 0.05) is 30.3 Å². The number of carbonyl (C=O) groups is 2. The lowest BCUT2D eigenvalue weighted by Gasteiger charge is -2.25. The number of alkyl carbamates (subject to hydrolysis) is 1. The largest absolute Gasteiger partial charge is 0.444 e. The molecule has 0 unspecified atom stereocenters. The highest BCUT2D eigenvalue weighted by Crippen LogP contribution is 2.39. The fraction of sp³-hybridized carbons (Fsp3) is 0.500. The molecule has 1 amide bonds. The molecule has 0 bridgehead atoms. The Hall–Kier alpha value is -2.89. The van der Waals surface area contributed by atoms with Gasteiger partial charge in [-0.3, -0.25) is 9.78 Å². The normalized spacial score (nSPS) is 11.8. The Morgan fingerprint density at radius 1 is 1.00 bits per heavy atom. The van der Waals surface area contributed by atoms with Crippen LogP contribution < -0.4 is 10.1 Å². The maximum Gasteiger partial charge on any atom is 0.407 e. The van der Waals surface area contributed by atoms with Gasteiger partial charge in [0.05, 0.1) is 5.69 Å². The van der Waals surface area contributed by atoms with Crippen LogP contribution >= 0.6 is 0 Å². The molecule has 1 heterocycles. The molecule has 0 saturated heterocycles. The minimum absolute atomic E-state index is 0.0341. The minimum Gasteiger partial charge on any atom is -0.444 e. The quantitative estimate of drug-likeness (QED) is 0.585. The third kappa shape index (κ3) is 7.36. The lowest BCUT2D eigenvalue weighted by atomic mass is 9.86. The second-order valence-corrected chi connectivity index (χ2v) is 10.4. The summed E-state index contributed by atoms with van der Waals surface area (Å²) in [5.41, 5.74) is 4.46. The van der Waals surface area contributed by atoms with E-state index in [1.165, 1.54) is 6.92 Å². The van der Waals surface area contributed by atoms with Crippen LogP contribution in [0.1, 0.15) is 71.0 Å². The highest BCUT2D eigenvalue weighted by atomic mass is 16.6. The molecule has 0 atom stereocenters. The molecular weight excluding hydrogens is 404 g/mol. The average Bonchev–Trinajstić information content (AvgIpc) is 2.60. The molecule has 6 nitrogen and oxygen atoms in total. The van der Waals surface area contributed by atoms with E-state index in [0.29, 0.717) is 17.9 Å². The minimum atomic E-state index is -0.605. The molecule has 32 heavy (non-hydrogen) atoms. The Kier molecular flexibility index (Phi) is 7.70. The zero-order chi connectivity index (χ0) is 24.3. The molecule has 1 aromatic carbocycles. The van der Waals surface area contributed by atoms with Crippen LogP contribution in [0.15, 0.2) is 24.3 Å². The van der Waals surface area contributed by atoms with Crippen molar-refractivity contribution in [3.8, 4) is 16.9 Å². The summed E-state index contributed by atoms with van der Waals surface area (Å²) in [6, 6.07) is 8.01. The molecule has 0 fully saturated rings. The summed E-state index contributed by atoms with van der Waals surface area (Å²) in [5.74, 6) is -0.00196. The molecule has 1 aromatic heterocycles. The first kappa shape index (κ1) is 25.4. The summed E-state index contributed by atoms with van der Waals surface area (Å²) >= 11 is 0. The van der Waals surface area contributed by atoms with E-state index in [4.69, 9.17) is 14.5 Å². The van der Waals surface area contributed by atoms with Gasteiger partial charge in [-0.2, -0.15) is 0 Å². The summed E-state index contributed by atoms with van der Waals surface area (Å²) in [4.78, 5) is 29.1. The van der Waals surface area contributed by atoms with Gasteiger partial charge in [-0.25, -0.2) is 4.79 Å². The Morgan fingerprint density at radius 3 is 2.09 bits per heavy atom. The number of carbonyl (C=O) groups excluding carboxylic acids is 2. The fourth-order valence-corrected chi connectivity index (χ4v) is 3.39. The van der Waals surface area contributed by atoms with Gasteiger partial charge in [-0.15, -0.1) is 0 Å². The zero-order valence-corrected chi connectivity index (χ0v) is 20.8. The van der Waals surface area contributed by atoms with Crippen molar-refractivity contribution in [3.05, 3.63) is 46.8 Å². The van der Waals surface area contributed by atoms with Gasteiger partial charge >= 0.3 is 12.1 Å². The number of nitrogens with one attached hydrogen (secondary N) is 1. The number of pyridine rings is 1. The van der Waals surface area contributed by atoms with Crippen molar-refractivity contribution in [1.29, 1.82) is 0 Å². The van der Waals surface area contributed by atoms with E-state index in [9.17, 15) is 9.59 Å². The fourth-order valence-electron chi connectivity index (χ4n) is 3.39. The first-order valence-corrected chi connectivity index (χ1v) is 10.9. The van der Waals surface area contributed by atoms with Crippen LogP contribution in [0.5, 0.6) is 5.75 Å². The van der Waals surface area contributed by atoms with Crippen LogP contribution in [0.2, 0.25) is 0 Å². The summed E-state index contributed by atoms with van der Waals surface area (Å²) in [5, 5.41) is 2.86. The smallest absolute Gasteiger partial charge is 0.407 e. The van der Waals surface area contributed by atoms with Crippen LogP contribution in [0.4, 0.5) is 4.79 Å². The first-order valence-electron chi connectivity index (χ1n) is 10.9. The van der Waals surface area contributed by atoms with Gasteiger partial charge in [-0.05, 0) is 52.0 Å². The van der Waals surface area contributed by atoms with Crippen LogP contribution in [-0.4, -0.2) is 22.6 Å². The van der Waals surface area contributed by atoms with E-state index >= 15 is 0 Å². The molecule has 0 aliphatic carbocycles. The third-order valence-electron chi connectivity index (χ3n) is 4.60. The van der Waals surface area contributed by atoms with Crippen molar-refractivity contribution in [1.82, 2.24) is 10.3 Å². The van der Waals surface area contributed by atoms with Crippen molar-refractivity contribution < 1.29 is 19.1 Å². The van der Waals surface area contributed by atoms with Crippen LogP contribution in [0.25, 0.3) is 11.1 Å². The predicted octanol–water partition coefficient (Wildman–Crippen LogP) is 5.90. The number of hydrogen-bond donors (Lipinski definition) is 1. The Bertz CT molecular complexity index is 981. The van der Waals surface area contributed by atoms with Crippen molar-refractivity contribution in [3.63, 3.8) is 0 Å². The molecule has 0 radical (unpaired) electrons. The van der Waals surface area contributed by atoms with Crippen LogP contribution in [0, 0.1) is 19.3 Å². The molecule has 2 aromatic rings. The SMILES string of the molecule is CC(=O)Oc1c(C)nc(CC(C)(C)C)c(CNC(=O)OC(C)(C)C)c1-c1ccc(C)cc1. The summed E-state index contributed by atoms with van der Waals surface area (Å²) < 4.78 is 11.1. The molecule has 174 valence electrons. The average molecular weight is 441 g/mol. The van der Waals surface area contributed by atoms with E-state index in [2.05, 4.69) is 26.1 Å². The molecule has 0 aliphatic rings. The zero-order valence-electron chi connectivity index (χ0n) is 20.8. The van der Waals surface area contributed by atoms with Crippen molar-refractivity contribution in [2.45, 2.75) is 80.9 Å². The third-order valence-corrected chi connectivity index (χ3v) is 4.60. The van der Waals surface area contributed by atoms with Crippen molar-refractivity contribution >= 4 is 12.1 Å². The second kappa shape index (κ2) is 9.72. The van der Waals surface area contributed by atoms with Crippen molar-refractivity contribution in [2.24, 2.45) is 5.41 Å². The van der Waals surface area contributed by atoms with E-state index in [-0.39, 0.29) is 12.0 Å². The highest BCUT2D eigenvalue weighted by Gasteiger charge is 2.25. The number of aryl methyl sites for hydroxylation is 2. The molecule has 2 rings (SSSR count). The molecule has 1 N–H and O–H groups in total. The summed E-state index contributed by atoms with van der Waals surface area (Å²) in [6.07, 6.45) is 0.182. The summed E-state index contributed by atoms with van der Waals surface area (Å²) in [7, 11) is 0. The Labute approximate surface area is 191 Å². The number of benzene rings is 1. The second-order valence-electron chi connectivity index (χ2n) is 10.4. The maximum atomic E-state index is 12.4.